The minimum absolute atomic E-state index is 0.0114. The van der Waals surface area contributed by atoms with E-state index >= 15 is 0 Å². The van der Waals surface area contributed by atoms with Crippen LogP contribution in [0.15, 0.2) is 42.6 Å². The van der Waals surface area contributed by atoms with E-state index in [4.69, 9.17) is 4.74 Å². The van der Waals surface area contributed by atoms with Crippen LogP contribution in [-0.2, 0) is 27.4 Å². The van der Waals surface area contributed by atoms with Crippen LogP contribution >= 0.6 is 0 Å². The molecule has 6 nitrogen and oxygen atoms in total. The van der Waals surface area contributed by atoms with Crippen LogP contribution in [-0.4, -0.2) is 58.5 Å². The molecule has 0 unspecified atom stereocenters. The second-order valence-corrected chi connectivity index (χ2v) is 9.68. The molecule has 0 radical (unpaired) electrons. The number of hydrogen-bond acceptors (Lipinski definition) is 3. The van der Waals surface area contributed by atoms with E-state index in [0.29, 0.717) is 39.3 Å². The predicted molar refractivity (Wildman–Crippen MR) is 140 cm³/mol. The van der Waals surface area contributed by atoms with Crippen molar-refractivity contribution in [3.05, 3.63) is 59.7 Å². The second-order valence-electron chi connectivity index (χ2n) is 9.68. The van der Waals surface area contributed by atoms with Crippen molar-refractivity contribution in [2.75, 3.05) is 26.3 Å². The Morgan fingerprint density at radius 2 is 1.81 bits per heavy atom. The Bertz CT molecular complexity index is 937. The van der Waals surface area contributed by atoms with Crippen LogP contribution in [0.3, 0.4) is 0 Å². The summed E-state index contributed by atoms with van der Waals surface area (Å²) in [4.78, 5) is 30.3. The summed E-state index contributed by atoms with van der Waals surface area (Å²) < 4.78 is 20.9. The van der Waals surface area contributed by atoms with Gasteiger partial charge in [-0.1, -0.05) is 38.3 Å². The third-order valence-electron chi connectivity index (χ3n) is 6.92. The number of benzene rings is 1. The highest BCUT2D eigenvalue weighted by atomic mass is 19.1. The number of halogens is 1. The van der Waals surface area contributed by atoms with Gasteiger partial charge in [-0.05, 0) is 62.4 Å². The third kappa shape index (κ3) is 8.47. The van der Waals surface area contributed by atoms with Crippen molar-refractivity contribution >= 4 is 11.8 Å². The lowest BCUT2D eigenvalue weighted by Crippen LogP contribution is -2.47. The molecule has 1 heterocycles. The normalized spacial score (nSPS) is 14.1. The van der Waals surface area contributed by atoms with Crippen molar-refractivity contribution in [2.24, 2.45) is 0 Å². The summed E-state index contributed by atoms with van der Waals surface area (Å²) in [5, 5.41) is 0. The first-order valence-electron chi connectivity index (χ1n) is 13.5. The largest absolute Gasteiger partial charge is 0.382 e. The summed E-state index contributed by atoms with van der Waals surface area (Å²) in [6.45, 7) is 6.95. The fourth-order valence-corrected chi connectivity index (χ4v) is 4.94. The van der Waals surface area contributed by atoms with E-state index in [1.807, 2.05) is 31.0 Å². The molecule has 36 heavy (non-hydrogen) atoms. The lowest BCUT2D eigenvalue weighted by atomic mass is 9.94. The SMILES string of the molecule is CCCC(=O)N(CCCOCC)CC(=O)N(Cc1cccn1Cc1ccc(F)cc1)C1CCCCC1. The second kappa shape index (κ2) is 14.8. The first kappa shape index (κ1) is 27.9. The molecular formula is C29H42FN3O3. The van der Waals surface area contributed by atoms with Gasteiger partial charge in [0.1, 0.15) is 5.82 Å². The Hall–Kier alpha value is -2.67. The first-order chi connectivity index (χ1) is 17.5. The highest BCUT2D eigenvalue weighted by Crippen LogP contribution is 2.25. The Morgan fingerprint density at radius 3 is 2.50 bits per heavy atom. The van der Waals surface area contributed by atoms with E-state index in [0.717, 1.165) is 49.8 Å². The van der Waals surface area contributed by atoms with Crippen molar-refractivity contribution in [3.63, 3.8) is 0 Å². The van der Waals surface area contributed by atoms with Crippen molar-refractivity contribution in [1.82, 2.24) is 14.4 Å². The molecule has 1 aromatic heterocycles. The van der Waals surface area contributed by atoms with Crippen molar-refractivity contribution in [1.29, 1.82) is 0 Å². The van der Waals surface area contributed by atoms with Crippen molar-refractivity contribution in [2.45, 2.75) is 84.3 Å². The average molecular weight is 500 g/mol. The molecule has 1 saturated carbocycles. The number of carbonyl (C=O) groups is 2. The third-order valence-corrected chi connectivity index (χ3v) is 6.92. The van der Waals surface area contributed by atoms with Gasteiger partial charge in [0.05, 0.1) is 13.1 Å². The number of aromatic nitrogens is 1. The number of hydrogen-bond donors (Lipinski definition) is 0. The zero-order valence-corrected chi connectivity index (χ0v) is 22.0. The maximum Gasteiger partial charge on any atom is 0.242 e. The molecule has 0 spiro atoms. The van der Waals surface area contributed by atoms with Crippen LogP contribution in [0.4, 0.5) is 4.39 Å². The molecular weight excluding hydrogens is 457 g/mol. The number of amides is 2. The Morgan fingerprint density at radius 1 is 1.06 bits per heavy atom. The standard InChI is InChI=1S/C29H42FN3O3/c1-3-10-28(34)32(19-9-20-36-4-2)23-29(35)33(26-11-6-5-7-12-26)22-27-13-8-18-31(27)21-24-14-16-25(30)17-15-24/h8,13-18,26H,3-7,9-12,19-23H2,1-2H3. The number of rotatable bonds is 14. The molecule has 1 aliphatic rings. The molecule has 7 heteroatoms. The van der Waals surface area contributed by atoms with Crippen molar-refractivity contribution < 1.29 is 18.7 Å². The van der Waals surface area contributed by atoms with Gasteiger partial charge in [-0.25, -0.2) is 4.39 Å². The van der Waals surface area contributed by atoms with Crippen LogP contribution in [0.25, 0.3) is 0 Å². The molecule has 0 atom stereocenters. The van der Waals surface area contributed by atoms with Crippen LogP contribution in [0.2, 0.25) is 0 Å². The lowest BCUT2D eigenvalue weighted by molar-refractivity contribution is -0.143. The summed E-state index contributed by atoms with van der Waals surface area (Å²) in [6, 6.07) is 10.8. The molecule has 0 aliphatic heterocycles. The molecule has 3 rings (SSSR count). The van der Waals surface area contributed by atoms with Gasteiger partial charge < -0.3 is 19.1 Å². The van der Waals surface area contributed by atoms with Crippen LogP contribution in [0.5, 0.6) is 0 Å². The van der Waals surface area contributed by atoms with E-state index in [2.05, 4.69) is 10.6 Å². The van der Waals surface area contributed by atoms with Crippen LogP contribution in [0, 0.1) is 5.82 Å². The molecule has 1 aliphatic carbocycles. The fraction of sp³-hybridized carbons (Fsp3) is 0.586. The Balaban J connectivity index is 1.74. The van der Waals surface area contributed by atoms with Gasteiger partial charge in [-0.3, -0.25) is 9.59 Å². The number of nitrogens with zero attached hydrogens (tertiary/aromatic N) is 3. The maximum atomic E-state index is 13.7. The molecule has 0 N–H and O–H groups in total. The quantitative estimate of drug-likeness (QED) is 0.328. The van der Waals surface area contributed by atoms with Gasteiger partial charge in [0, 0.05) is 50.7 Å². The fourth-order valence-electron chi connectivity index (χ4n) is 4.94. The lowest BCUT2D eigenvalue weighted by Gasteiger charge is -2.36. The average Bonchev–Trinajstić information content (AvgIpc) is 3.32. The van der Waals surface area contributed by atoms with Crippen LogP contribution in [0.1, 0.15) is 76.5 Å². The minimum Gasteiger partial charge on any atom is -0.382 e. The Kier molecular flexibility index (Phi) is 11.5. The zero-order chi connectivity index (χ0) is 25.8. The molecule has 0 bridgehead atoms. The summed E-state index contributed by atoms with van der Waals surface area (Å²) >= 11 is 0. The Labute approximate surface area is 215 Å². The number of carbonyl (C=O) groups excluding carboxylic acids is 2. The smallest absolute Gasteiger partial charge is 0.242 e. The molecule has 1 fully saturated rings. The van der Waals surface area contributed by atoms with Gasteiger partial charge >= 0.3 is 0 Å². The van der Waals surface area contributed by atoms with E-state index in [1.54, 1.807) is 17.0 Å². The first-order valence-corrected chi connectivity index (χ1v) is 13.5. The van der Waals surface area contributed by atoms with Gasteiger partial charge in [-0.2, -0.15) is 0 Å². The van der Waals surface area contributed by atoms with Gasteiger partial charge in [0.25, 0.3) is 0 Å². The van der Waals surface area contributed by atoms with E-state index in [9.17, 15) is 14.0 Å². The zero-order valence-electron chi connectivity index (χ0n) is 22.0. The highest BCUT2D eigenvalue weighted by Gasteiger charge is 2.28. The minimum atomic E-state index is -0.246. The topological polar surface area (TPSA) is 54.8 Å². The van der Waals surface area contributed by atoms with E-state index in [1.165, 1.54) is 18.6 Å². The molecule has 1 aromatic carbocycles. The summed E-state index contributed by atoms with van der Waals surface area (Å²) in [5.74, 6) is -0.202. The molecule has 198 valence electrons. The van der Waals surface area contributed by atoms with E-state index < -0.39 is 0 Å². The maximum absolute atomic E-state index is 13.7. The van der Waals surface area contributed by atoms with Crippen molar-refractivity contribution in [3.8, 4) is 0 Å². The van der Waals surface area contributed by atoms with Gasteiger partial charge in [0.15, 0.2) is 0 Å². The monoisotopic (exact) mass is 499 g/mol. The molecule has 2 aromatic rings. The van der Waals surface area contributed by atoms with E-state index in [-0.39, 0.29) is 30.2 Å². The van der Waals surface area contributed by atoms with Gasteiger partial charge in [0.2, 0.25) is 11.8 Å². The summed E-state index contributed by atoms with van der Waals surface area (Å²) in [6.07, 6.45) is 9.39. The highest BCUT2D eigenvalue weighted by molar-refractivity contribution is 5.85. The van der Waals surface area contributed by atoms with Crippen LogP contribution < -0.4 is 0 Å². The van der Waals surface area contributed by atoms with Gasteiger partial charge in [-0.15, -0.1) is 0 Å². The summed E-state index contributed by atoms with van der Waals surface area (Å²) in [7, 11) is 0. The predicted octanol–water partition coefficient (Wildman–Crippen LogP) is 5.39. The number of ether oxygens (including phenoxy) is 1. The molecule has 2 amide bonds. The summed E-state index contributed by atoms with van der Waals surface area (Å²) in [5.41, 5.74) is 2.05. The molecule has 0 saturated heterocycles.